The van der Waals surface area contributed by atoms with Gasteiger partial charge in [-0.05, 0) is 64.1 Å². The van der Waals surface area contributed by atoms with Gasteiger partial charge in [-0.25, -0.2) is 0 Å². The van der Waals surface area contributed by atoms with Gasteiger partial charge < -0.3 is 35.0 Å². The van der Waals surface area contributed by atoms with Crippen molar-refractivity contribution in [2.75, 3.05) is 20.3 Å². The van der Waals surface area contributed by atoms with Crippen molar-refractivity contribution in [1.29, 1.82) is 0 Å². The molecule has 0 aliphatic heterocycles. The molecule has 3 unspecified atom stereocenters. The highest BCUT2D eigenvalue weighted by Gasteiger charge is 2.40. The Kier molecular flexibility index (Phi) is 10.6. The molecule has 2 amide bonds. The van der Waals surface area contributed by atoms with E-state index < -0.39 is 24.2 Å². The van der Waals surface area contributed by atoms with Gasteiger partial charge in [0.1, 0.15) is 12.2 Å². The maximum atomic E-state index is 12.9. The van der Waals surface area contributed by atoms with E-state index in [1.165, 1.54) is 25.0 Å². The van der Waals surface area contributed by atoms with Crippen molar-refractivity contribution < 1.29 is 34.4 Å². The molecule has 2 aromatic carbocycles. The van der Waals surface area contributed by atoms with Crippen LogP contribution in [0.3, 0.4) is 0 Å². The normalized spacial score (nSPS) is 19.1. The van der Waals surface area contributed by atoms with E-state index in [2.05, 4.69) is 5.32 Å². The average Bonchev–Trinajstić information content (AvgIpc) is 2.88. The minimum absolute atomic E-state index is 0.0600. The number of halogens is 2. The van der Waals surface area contributed by atoms with Crippen LogP contribution in [0.2, 0.25) is 5.02 Å². The van der Waals surface area contributed by atoms with Gasteiger partial charge in [0.05, 0.1) is 29.9 Å². The predicted octanol–water partition coefficient (Wildman–Crippen LogP) is 2.41. The first kappa shape index (κ1) is 29.2. The van der Waals surface area contributed by atoms with Gasteiger partial charge in [-0.1, -0.05) is 23.7 Å². The molecule has 0 bridgehead atoms. The third kappa shape index (κ3) is 7.35. The van der Waals surface area contributed by atoms with E-state index in [9.17, 15) is 19.8 Å². The van der Waals surface area contributed by atoms with E-state index in [0.29, 0.717) is 31.2 Å². The van der Waals surface area contributed by atoms with E-state index >= 15 is 0 Å². The second kappa shape index (κ2) is 13.4. The van der Waals surface area contributed by atoms with Crippen molar-refractivity contribution in [1.82, 2.24) is 10.2 Å². The van der Waals surface area contributed by atoms with Crippen LogP contribution >= 0.6 is 34.2 Å². The molecule has 1 aliphatic carbocycles. The van der Waals surface area contributed by atoms with Crippen LogP contribution < -0.4 is 14.8 Å². The van der Waals surface area contributed by atoms with Crippen LogP contribution in [0.15, 0.2) is 48.0 Å². The molecule has 0 aromatic heterocycles. The first-order valence-corrected chi connectivity index (χ1v) is 13.1. The second-order valence-electron chi connectivity index (χ2n) is 8.56. The van der Waals surface area contributed by atoms with Crippen molar-refractivity contribution in [2.45, 2.75) is 44.7 Å². The number of carbonyl (C=O) groups excluding carboxylic acids is 2. The van der Waals surface area contributed by atoms with Crippen molar-refractivity contribution in [3.05, 3.63) is 67.8 Å². The van der Waals surface area contributed by atoms with E-state index in [-0.39, 0.29) is 38.6 Å². The van der Waals surface area contributed by atoms with Crippen molar-refractivity contribution >= 4 is 46.0 Å². The minimum atomic E-state index is -1.18. The molecule has 1 aliphatic rings. The highest BCUT2D eigenvalue weighted by atomic mass is 127. The summed E-state index contributed by atoms with van der Waals surface area (Å²) in [6, 6.07) is 9.60. The molecule has 2 aromatic rings. The second-order valence-corrected chi connectivity index (χ2v) is 10.2. The minimum Gasteiger partial charge on any atom is -0.493 e. The highest BCUT2D eigenvalue weighted by Crippen LogP contribution is 2.37. The summed E-state index contributed by atoms with van der Waals surface area (Å²) in [6.07, 6.45) is -0.556. The summed E-state index contributed by atoms with van der Waals surface area (Å²) >= 11 is 8.04. The third-order valence-corrected chi connectivity index (χ3v) is 7.06. The molecule has 200 valence electrons. The Morgan fingerprint density at radius 3 is 2.49 bits per heavy atom. The summed E-state index contributed by atoms with van der Waals surface area (Å²) in [5.41, 5.74) is 1.75. The molecule has 0 saturated heterocycles. The van der Waals surface area contributed by atoms with Crippen LogP contribution in [-0.2, 0) is 22.7 Å². The lowest BCUT2D eigenvalue weighted by atomic mass is 9.88. The highest BCUT2D eigenvalue weighted by molar-refractivity contribution is 14.1. The molecule has 9 nitrogen and oxygen atoms in total. The van der Waals surface area contributed by atoms with Gasteiger partial charge in [0.2, 0.25) is 11.8 Å². The molecular weight excluding hydrogens is 615 g/mol. The molecule has 4 N–H and O–H groups in total. The number of amides is 2. The van der Waals surface area contributed by atoms with Crippen molar-refractivity contribution in [3.8, 4) is 11.5 Å². The number of aliphatic hydroxyl groups excluding tert-OH is 3. The monoisotopic (exact) mass is 644 g/mol. The Balaban J connectivity index is 1.99. The number of nitrogens with zero attached hydrogens (tertiary/aromatic N) is 1. The van der Waals surface area contributed by atoms with Gasteiger partial charge in [-0.15, -0.1) is 0 Å². The molecule has 37 heavy (non-hydrogen) atoms. The number of nitrogens with one attached hydrogen (secondary N) is 1. The average molecular weight is 645 g/mol. The summed E-state index contributed by atoms with van der Waals surface area (Å²) < 4.78 is 12.3. The maximum Gasteiger partial charge on any atom is 0.247 e. The summed E-state index contributed by atoms with van der Waals surface area (Å²) in [7, 11) is 1.47. The van der Waals surface area contributed by atoms with E-state index in [1.807, 2.05) is 22.6 Å². The molecule has 3 rings (SSSR count). The molecule has 0 radical (unpaired) electrons. The zero-order valence-corrected chi connectivity index (χ0v) is 23.4. The lowest BCUT2D eigenvalue weighted by Gasteiger charge is -2.40. The van der Waals surface area contributed by atoms with Gasteiger partial charge >= 0.3 is 0 Å². The Bertz CT molecular complexity index is 1140. The number of hydrogen-bond acceptors (Lipinski definition) is 7. The Morgan fingerprint density at radius 2 is 1.89 bits per heavy atom. The van der Waals surface area contributed by atoms with E-state index in [1.54, 1.807) is 36.4 Å². The molecule has 0 fully saturated rings. The summed E-state index contributed by atoms with van der Waals surface area (Å²) in [5.74, 6) is -0.0148. The van der Waals surface area contributed by atoms with Gasteiger partial charge in [0.25, 0.3) is 0 Å². The fourth-order valence-electron chi connectivity index (χ4n) is 4.14. The third-order valence-electron chi connectivity index (χ3n) is 6.01. The lowest BCUT2D eigenvalue weighted by molar-refractivity contribution is -0.137. The quantitative estimate of drug-likeness (QED) is 0.293. The first-order valence-electron chi connectivity index (χ1n) is 11.6. The van der Waals surface area contributed by atoms with Crippen LogP contribution in [0.5, 0.6) is 11.5 Å². The smallest absolute Gasteiger partial charge is 0.247 e. The van der Waals surface area contributed by atoms with Gasteiger partial charge in [0.15, 0.2) is 11.5 Å². The van der Waals surface area contributed by atoms with Crippen molar-refractivity contribution in [3.63, 3.8) is 0 Å². The first-order chi connectivity index (χ1) is 17.7. The zero-order chi connectivity index (χ0) is 27.1. The summed E-state index contributed by atoms with van der Waals surface area (Å²) in [5, 5.41) is 33.3. The fourth-order valence-corrected chi connectivity index (χ4v) is 5.06. The van der Waals surface area contributed by atoms with Crippen LogP contribution in [-0.4, -0.2) is 70.5 Å². The number of methoxy groups -OCH3 is 1. The molecule has 3 atom stereocenters. The number of hydrogen-bond donors (Lipinski definition) is 4. The number of carbonyl (C=O) groups is 2. The van der Waals surface area contributed by atoms with Gasteiger partial charge in [-0.3, -0.25) is 9.59 Å². The topological polar surface area (TPSA) is 129 Å². The van der Waals surface area contributed by atoms with E-state index in [0.717, 1.165) is 5.56 Å². The van der Waals surface area contributed by atoms with Crippen molar-refractivity contribution in [2.24, 2.45) is 0 Å². The Morgan fingerprint density at radius 1 is 1.19 bits per heavy atom. The van der Waals surface area contributed by atoms with Crippen LogP contribution in [0.25, 0.3) is 0 Å². The standard InChI is InChI=1S/C26H30ClIN2O7/c1-15(33)30(13-16-3-5-19(27)6-4-16)21-11-18(26(35)29-7-8-31)12-22(24(21)34)37-25-20(28)9-17(14-32)10-23(25)36-2/h3-6,9-10,12,21-22,24,31-32,34H,7-8,11,13-14H2,1-2H3,(H,29,35). The molecule has 0 heterocycles. The number of aliphatic hydroxyl groups is 3. The molecule has 0 spiro atoms. The van der Waals surface area contributed by atoms with Crippen LogP contribution in [0.1, 0.15) is 24.5 Å². The molecule has 0 saturated carbocycles. The summed E-state index contributed by atoms with van der Waals surface area (Å²) in [4.78, 5) is 27.1. The van der Waals surface area contributed by atoms with Crippen LogP contribution in [0.4, 0.5) is 0 Å². The zero-order valence-electron chi connectivity index (χ0n) is 20.5. The molecular formula is C26H30ClIN2O7. The fraction of sp³-hybridized carbons (Fsp3) is 0.385. The number of rotatable bonds is 10. The number of ether oxygens (including phenoxy) is 2. The Labute approximate surface area is 234 Å². The van der Waals surface area contributed by atoms with Crippen LogP contribution in [0, 0.1) is 3.57 Å². The largest absolute Gasteiger partial charge is 0.493 e. The van der Waals surface area contributed by atoms with Gasteiger partial charge in [-0.2, -0.15) is 0 Å². The van der Waals surface area contributed by atoms with E-state index in [4.69, 9.17) is 26.2 Å². The summed E-state index contributed by atoms with van der Waals surface area (Å²) in [6.45, 7) is 1.24. The molecule has 11 heteroatoms. The SMILES string of the molecule is COc1cc(CO)cc(I)c1OC1C=C(C(=O)NCCO)CC(N(Cc2ccc(Cl)cc2)C(C)=O)C1O. The van der Waals surface area contributed by atoms with Gasteiger partial charge in [0, 0.05) is 37.0 Å². The Hall–Kier alpha value is -2.38. The lowest BCUT2D eigenvalue weighted by Crippen LogP contribution is -2.54. The maximum absolute atomic E-state index is 12.9. The predicted molar refractivity (Wildman–Crippen MR) is 146 cm³/mol. The number of benzene rings is 2.